The molecule has 134 valence electrons. The summed E-state index contributed by atoms with van der Waals surface area (Å²) in [6.07, 6.45) is 0.900. The molecule has 7 heteroatoms. The molecule has 2 aromatic heterocycles. The van der Waals surface area contributed by atoms with Gasteiger partial charge in [-0.25, -0.2) is 0 Å². The number of hydrogen-bond acceptors (Lipinski definition) is 5. The average molecular weight is 368 g/mol. The Morgan fingerprint density at radius 3 is 3.08 bits per heavy atom. The standard InChI is InChI=1S/C19H20N4O2S/c1-25-15-5-2-4-13(10-15)19(24)20-14-7-8-23(12-14)18-11-16(21-22-18)17-6-3-9-26-17/h2-6,9-11,14H,7-8,12H2,1H3,(H,20,24)(H,21,22)/t14-/m1/s1. The summed E-state index contributed by atoms with van der Waals surface area (Å²) in [7, 11) is 1.60. The van der Waals surface area contributed by atoms with E-state index >= 15 is 0 Å². The smallest absolute Gasteiger partial charge is 0.251 e. The predicted octanol–water partition coefficient (Wildman–Crippen LogP) is 3.16. The van der Waals surface area contributed by atoms with Crippen LogP contribution in [0.15, 0.2) is 47.8 Å². The van der Waals surface area contributed by atoms with Gasteiger partial charge in [0.15, 0.2) is 5.82 Å². The molecule has 1 fully saturated rings. The van der Waals surface area contributed by atoms with Crippen molar-refractivity contribution in [2.24, 2.45) is 0 Å². The molecule has 2 N–H and O–H groups in total. The minimum Gasteiger partial charge on any atom is -0.497 e. The quantitative estimate of drug-likeness (QED) is 0.726. The molecule has 0 saturated carbocycles. The Kier molecular flexibility index (Phi) is 4.62. The van der Waals surface area contributed by atoms with Crippen molar-refractivity contribution in [3.05, 3.63) is 53.4 Å². The maximum absolute atomic E-state index is 12.5. The molecule has 4 rings (SSSR count). The van der Waals surface area contributed by atoms with Gasteiger partial charge in [0.05, 0.1) is 17.7 Å². The molecule has 1 aliphatic heterocycles. The van der Waals surface area contributed by atoms with Gasteiger partial charge in [0, 0.05) is 30.8 Å². The van der Waals surface area contributed by atoms with Crippen LogP contribution in [0.5, 0.6) is 5.75 Å². The second-order valence-electron chi connectivity index (χ2n) is 6.25. The fourth-order valence-corrected chi connectivity index (χ4v) is 3.84. The third-order valence-corrected chi connectivity index (χ3v) is 5.43. The Morgan fingerprint density at radius 2 is 2.27 bits per heavy atom. The summed E-state index contributed by atoms with van der Waals surface area (Å²) in [4.78, 5) is 15.8. The van der Waals surface area contributed by atoms with E-state index in [0.717, 1.165) is 31.0 Å². The molecule has 3 aromatic rings. The molecule has 1 saturated heterocycles. The zero-order chi connectivity index (χ0) is 17.9. The summed E-state index contributed by atoms with van der Waals surface area (Å²) < 4.78 is 5.18. The first-order valence-electron chi connectivity index (χ1n) is 8.52. The summed E-state index contributed by atoms with van der Waals surface area (Å²) >= 11 is 1.68. The van der Waals surface area contributed by atoms with Crippen LogP contribution in [0.4, 0.5) is 5.82 Å². The van der Waals surface area contributed by atoms with E-state index < -0.39 is 0 Å². The highest BCUT2D eigenvalue weighted by Gasteiger charge is 2.26. The Labute approximate surface area is 155 Å². The lowest BCUT2D eigenvalue weighted by Crippen LogP contribution is -2.37. The molecule has 1 amide bonds. The first kappa shape index (κ1) is 16.7. The van der Waals surface area contributed by atoms with Crippen LogP contribution in [0.3, 0.4) is 0 Å². The van der Waals surface area contributed by atoms with Crippen molar-refractivity contribution in [2.45, 2.75) is 12.5 Å². The molecule has 0 unspecified atom stereocenters. The molecule has 1 aromatic carbocycles. The normalized spacial score (nSPS) is 16.7. The van der Waals surface area contributed by atoms with E-state index in [2.05, 4.69) is 37.9 Å². The summed E-state index contributed by atoms with van der Waals surface area (Å²) in [6.45, 7) is 1.63. The lowest BCUT2D eigenvalue weighted by Gasteiger charge is -2.16. The van der Waals surface area contributed by atoms with Gasteiger partial charge in [0.1, 0.15) is 5.75 Å². The first-order valence-corrected chi connectivity index (χ1v) is 9.40. The van der Waals surface area contributed by atoms with Crippen LogP contribution in [-0.4, -0.2) is 42.3 Å². The monoisotopic (exact) mass is 368 g/mol. The summed E-state index contributed by atoms with van der Waals surface area (Å²) in [5, 5.41) is 12.7. The highest BCUT2D eigenvalue weighted by atomic mass is 32.1. The minimum absolute atomic E-state index is 0.0722. The van der Waals surface area contributed by atoms with Crippen molar-refractivity contribution in [1.29, 1.82) is 0 Å². The molecule has 1 aliphatic rings. The molecular weight excluding hydrogens is 348 g/mol. The maximum atomic E-state index is 12.5. The van der Waals surface area contributed by atoms with Crippen LogP contribution in [0.1, 0.15) is 16.8 Å². The number of rotatable bonds is 5. The number of nitrogens with zero attached hydrogens (tertiary/aromatic N) is 2. The number of amides is 1. The number of methoxy groups -OCH3 is 1. The number of thiophene rings is 1. The molecule has 26 heavy (non-hydrogen) atoms. The van der Waals surface area contributed by atoms with E-state index in [1.165, 1.54) is 4.88 Å². The number of aromatic amines is 1. The first-order chi connectivity index (χ1) is 12.7. The van der Waals surface area contributed by atoms with Crippen molar-refractivity contribution in [3.63, 3.8) is 0 Å². The topological polar surface area (TPSA) is 70.2 Å². The highest BCUT2D eigenvalue weighted by molar-refractivity contribution is 7.13. The Bertz CT molecular complexity index is 891. The fourth-order valence-electron chi connectivity index (χ4n) is 3.15. The van der Waals surface area contributed by atoms with E-state index in [1.54, 1.807) is 30.6 Å². The van der Waals surface area contributed by atoms with Gasteiger partial charge in [-0.1, -0.05) is 12.1 Å². The second-order valence-corrected chi connectivity index (χ2v) is 7.20. The summed E-state index contributed by atoms with van der Waals surface area (Å²) in [5.74, 6) is 1.53. The number of benzene rings is 1. The van der Waals surface area contributed by atoms with Crippen molar-refractivity contribution in [2.75, 3.05) is 25.1 Å². The Balaban J connectivity index is 1.38. The molecule has 0 radical (unpaired) electrons. The molecular formula is C19H20N4O2S. The fraction of sp³-hybridized carbons (Fsp3) is 0.263. The molecule has 6 nitrogen and oxygen atoms in total. The van der Waals surface area contributed by atoms with E-state index in [9.17, 15) is 4.79 Å². The van der Waals surface area contributed by atoms with E-state index in [1.807, 2.05) is 18.2 Å². The van der Waals surface area contributed by atoms with Gasteiger partial charge in [0.25, 0.3) is 5.91 Å². The minimum atomic E-state index is -0.0722. The van der Waals surface area contributed by atoms with Gasteiger partial charge in [-0.15, -0.1) is 11.3 Å². The van der Waals surface area contributed by atoms with E-state index in [-0.39, 0.29) is 11.9 Å². The predicted molar refractivity (Wildman–Crippen MR) is 103 cm³/mol. The highest BCUT2D eigenvalue weighted by Crippen LogP contribution is 2.27. The zero-order valence-corrected chi connectivity index (χ0v) is 15.3. The van der Waals surface area contributed by atoms with Crippen LogP contribution < -0.4 is 15.0 Å². The van der Waals surface area contributed by atoms with Crippen LogP contribution >= 0.6 is 11.3 Å². The largest absolute Gasteiger partial charge is 0.497 e. The number of carbonyl (C=O) groups is 1. The molecule has 3 heterocycles. The van der Waals surface area contributed by atoms with Gasteiger partial charge < -0.3 is 15.0 Å². The average Bonchev–Trinajstić information content (AvgIpc) is 3.41. The summed E-state index contributed by atoms with van der Waals surface area (Å²) in [6, 6.07) is 13.5. The number of carbonyl (C=O) groups excluding carboxylic acids is 1. The number of aromatic nitrogens is 2. The van der Waals surface area contributed by atoms with Crippen LogP contribution in [0.2, 0.25) is 0 Å². The second kappa shape index (κ2) is 7.21. The van der Waals surface area contributed by atoms with E-state index in [4.69, 9.17) is 4.74 Å². The van der Waals surface area contributed by atoms with Gasteiger partial charge in [0.2, 0.25) is 0 Å². The molecule has 0 aliphatic carbocycles. The molecule has 1 atom stereocenters. The number of hydrogen-bond donors (Lipinski definition) is 2. The lowest BCUT2D eigenvalue weighted by atomic mass is 10.2. The Hall–Kier alpha value is -2.80. The van der Waals surface area contributed by atoms with Crippen LogP contribution in [0.25, 0.3) is 10.6 Å². The number of anilines is 1. The van der Waals surface area contributed by atoms with Gasteiger partial charge >= 0.3 is 0 Å². The Morgan fingerprint density at radius 1 is 1.35 bits per heavy atom. The van der Waals surface area contributed by atoms with Crippen LogP contribution in [-0.2, 0) is 0 Å². The molecule has 0 spiro atoms. The van der Waals surface area contributed by atoms with Crippen molar-refractivity contribution >= 4 is 23.1 Å². The number of nitrogens with one attached hydrogen (secondary N) is 2. The lowest BCUT2D eigenvalue weighted by molar-refractivity contribution is 0.0940. The van der Waals surface area contributed by atoms with Gasteiger partial charge in [-0.3, -0.25) is 9.89 Å². The maximum Gasteiger partial charge on any atom is 0.251 e. The third kappa shape index (κ3) is 3.43. The van der Waals surface area contributed by atoms with E-state index in [0.29, 0.717) is 11.3 Å². The van der Waals surface area contributed by atoms with Crippen LogP contribution in [0, 0.1) is 0 Å². The number of H-pyrrole nitrogens is 1. The third-order valence-electron chi connectivity index (χ3n) is 4.53. The zero-order valence-electron chi connectivity index (χ0n) is 14.4. The van der Waals surface area contributed by atoms with Gasteiger partial charge in [-0.2, -0.15) is 5.10 Å². The number of ether oxygens (including phenoxy) is 1. The van der Waals surface area contributed by atoms with Gasteiger partial charge in [-0.05, 0) is 36.1 Å². The van der Waals surface area contributed by atoms with Crippen molar-refractivity contribution in [1.82, 2.24) is 15.5 Å². The SMILES string of the molecule is COc1cccc(C(=O)N[C@@H]2CCN(c3cc(-c4cccs4)[nH]n3)C2)c1. The molecule has 0 bridgehead atoms. The van der Waals surface area contributed by atoms with Crippen molar-refractivity contribution < 1.29 is 9.53 Å². The van der Waals surface area contributed by atoms with Crippen molar-refractivity contribution in [3.8, 4) is 16.3 Å². The summed E-state index contributed by atoms with van der Waals surface area (Å²) in [5.41, 5.74) is 1.64.